The molecule has 2 aromatic rings. The molecule has 0 aliphatic rings. The molecule has 0 aromatic heterocycles. The second-order valence-electron chi connectivity index (χ2n) is 7.55. The van der Waals surface area contributed by atoms with E-state index in [1.165, 1.54) is 26.4 Å². The van der Waals surface area contributed by atoms with Crippen molar-refractivity contribution in [2.45, 2.75) is 20.8 Å². The lowest BCUT2D eigenvalue weighted by atomic mass is 10.2. The molecule has 37 heavy (non-hydrogen) atoms. The van der Waals surface area contributed by atoms with Crippen LogP contribution < -0.4 is 10.6 Å². The SMILES string of the molecule is CC=C/C=C(\NC(=O)c1ccccc1)C(=O)OC.COC(=O)/C(=C/C=C(C)C)NC(=O)c1ccccc1. The topological polar surface area (TPSA) is 111 Å². The summed E-state index contributed by atoms with van der Waals surface area (Å²) in [6.45, 7) is 5.60. The first-order valence-electron chi connectivity index (χ1n) is 11.3. The molecule has 0 radical (unpaired) electrons. The first-order valence-corrected chi connectivity index (χ1v) is 11.3. The van der Waals surface area contributed by atoms with Crippen LogP contribution in [0.3, 0.4) is 0 Å². The molecular formula is C29H32N2O6. The minimum Gasteiger partial charge on any atom is -0.464 e. The van der Waals surface area contributed by atoms with Gasteiger partial charge >= 0.3 is 11.9 Å². The Morgan fingerprint density at radius 3 is 1.41 bits per heavy atom. The number of nitrogens with one attached hydrogen (secondary N) is 2. The van der Waals surface area contributed by atoms with E-state index in [-0.39, 0.29) is 23.2 Å². The molecule has 8 nitrogen and oxygen atoms in total. The van der Waals surface area contributed by atoms with Crippen molar-refractivity contribution in [3.05, 3.63) is 119 Å². The van der Waals surface area contributed by atoms with E-state index in [0.717, 1.165) is 5.57 Å². The summed E-state index contributed by atoms with van der Waals surface area (Å²) >= 11 is 0. The molecule has 0 saturated heterocycles. The number of allylic oxidation sites excluding steroid dienone is 6. The van der Waals surface area contributed by atoms with Gasteiger partial charge in [0.2, 0.25) is 0 Å². The van der Waals surface area contributed by atoms with Gasteiger partial charge in [0.15, 0.2) is 0 Å². The fraction of sp³-hybridized carbons (Fsp3) is 0.172. The molecule has 2 N–H and O–H groups in total. The van der Waals surface area contributed by atoms with Gasteiger partial charge in [0, 0.05) is 11.1 Å². The van der Waals surface area contributed by atoms with Crippen molar-refractivity contribution >= 4 is 23.8 Å². The van der Waals surface area contributed by atoms with Gasteiger partial charge in [-0.25, -0.2) is 9.59 Å². The maximum atomic E-state index is 11.9. The number of benzene rings is 2. The monoisotopic (exact) mass is 504 g/mol. The predicted molar refractivity (Wildman–Crippen MR) is 142 cm³/mol. The lowest BCUT2D eigenvalue weighted by molar-refractivity contribution is -0.137. The quantitative estimate of drug-likeness (QED) is 0.311. The lowest BCUT2D eigenvalue weighted by Crippen LogP contribution is -2.28. The van der Waals surface area contributed by atoms with Gasteiger partial charge in [-0.05, 0) is 57.2 Å². The summed E-state index contributed by atoms with van der Waals surface area (Å²) in [5.41, 5.74) is 2.18. The van der Waals surface area contributed by atoms with Crippen molar-refractivity contribution in [1.29, 1.82) is 0 Å². The zero-order valence-corrected chi connectivity index (χ0v) is 21.6. The molecule has 0 aliphatic heterocycles. The molecule has 2 aromatic carbocycles. The number of carbonyl (C=O) groups excluding carboxylic acids is 4. The molecule has 0 heterocycles. The van der Waals surface area contributed by atoms with E-state index >= 15 is 0 Å². The molecule has 2 rings (SSSR count). The minimum atomic E-state index is -0.586. The predicted octanol–water partition coefficient (Wildman–Crippen LogP) is 4.49. The van der Waals surface area contributed by atoms with E-state index in [1.807, 2.05) is 32.9 Å². The lowest BCUT2D eigenvalue weighted by Gasteiger charge is -2.07. The Bertz CT molecular complexity index is 1180. The van der Waals surface area contributed by atoms with Crippen molar-refractivity contribution in [2.75, 3.05) is 14.2 Å². The highest BCUT2D eigenvalue weighted by Gasteiger charge is 2.14. The third kappa shape index (κ3) is 11.5. The van der Waals surface area contributed by atoms with E-state index in [1.54, 1.807) is 66.8 Å². The Morgan fingerprint density at radius 2 is 1.05 bits per heavy atom. The largest absolute Gasteiger partial charge is 0.464 e. The first-order chi connectivity index (χ1) is 17.7. The average Bonchev–Trinajstić information content (AvgIpc) is 2.93. The fourth-order valence-corrected chi connectivity index (χ4v) is 2.55. The Kier molecular flexibility index (Phi) is 13.8. The highest BCUT2D eigenvalue weighted by molar-refractivity contribution is 6.01. The molecular weight excluding hydrogens is 472 g/mol. The third-order valence-corrected chi connectivity index (χ3v) is 4.42. The second kappa shape index (κ2) is 16.8. The number of carbonyl (C=O) groups is 4. The van der Waals surface area contributed by atoms with Gasteiger partial charge < -0.3 is 20.1 Å². The van der Waals surface area contributed by atoms with Gasteiger partial charge in [0.05, 0.1) is 14.2 Å². The van der Waals surface area contributed by atoms with Crippen LogP contribution in [0.15, 0.2) is 108 Å². The summed E-state index contributed by atoms with van der Waals surface area (Å²) in [7, 11) is 2.54. The average molecular weight is 505 g/mol. The second-order valence-corrected chi connectivity index (χ2v) is 7.55. The van der Waals surface area contributed by atoms with Crippen LogP contribution in [0.2, 0.25) is 0 Å². The highest BCUT2D eigenvalue weighted by Crippen LogP contribution is 2.03. The van der Waals surface area contributed by atoms with Gasteiger partial charge in [0.1, 0.15) is 11.4 Å². The third-order valence-electron chi connectivity index (χ3n) is 4.42. The number of amides is 2. The van der Waals surface area contributed by atoms with Gasteiger partial charge in [0.25, 0.3) is 11.8 Å². The summed E-state index contributed by atoms with van der Waals surface area (Å²) < 4.78 is 9.22. The van der Waals surface area contributed by atoms with Crippen LogP contribution in [0.4, 0.5) is 0 Å². The first kappa shape index (κ1) is 30.3. The van der Waals surface area contributed by atoms with Crippen LogP contribution in [0.1, 0.15) is 41.5 Å². The smallest absolute Gasteiger partial charge is 0.354 e. The van der Waals surface area contributed by atoms with Crippen LogP contribution in [-0.2, 0) is 19.1 Å². The molecule has 0 bridgehead atoms. The van der Waals surface area contributed by atoms with Crippen LogP contribution in [-0.4, -0.2) is 38.0 Å². The normalized spacial score (nSPS) is 10.9. The summed E-state index contributed by atoms with van der Waals surface area (Å²) in [5, 5.41) is 5.06. The summed E-state index contributed by atoms with van der Waals surface area (Å²) in [4.78, 5) is 46.8. The van der Waals surface area contributed by atoms with Gasteiger partial charge in [-0.2, -0.15) is 0 Å². The molecule has 0 fully saturated rings. The molecule has 8 heteroatoms. The van der Waals surface area contributed by atoms with Crippen LogP contribution in [0.25, 0.3) is 0 Å². The van der Waals surface area contributed by atoms with E-state index in [4.69, 9.17) is 0 Å². The Balaban J connectivity index is 0.000000371. The van der Waals surface area contributed by atoms with E-state index in [9.17, 15) is 19.2 Å². The molecule has 0 unspecified atom stereocenters. The van der Waals surface area contributed by atoms with Crippen molar-refractivity contribution in [3.63, 3.8) is 0 Å². The molecule has 0 saturated carbocycles. The van der Waals surface area contributed by atoms with Gasteiger partial charge in [-0.15, -0.1) is 0 Å². The van der Waals surface area contributed by atoms with Crippen molar-refractivity contribution in [2.24, 2.45) is 0 Å². The maximum Gasteiger partial charge on any atom is 0.354 e. The van der Waals surface area contributed by atoms with E-state index in [2.05, 4.69) is 20.1 Å². The molecule has 0 spiro atoms. The standard InChI is InChI=1S/C15H17NO3.C14H15NO3/c1-11(2)9-10-13(15(18)19-3)16-14(17)12-7-5-4-6-8-12;1-3-4-10-12(14(17)18-2)15-13(16)11-8-6-5-7-9-11/h4-10H,1-3H3,(H,16,17);3-10H,1-2H3,(H,15,16)/b13-10-;4-3?,12-10-. The van der Waals surface area contributed by atoms with Crippen LogP contribution in [0.5, 0.6) is 0 Å². The van der Waals surface area contributed by atoms with Crippen molar-refractivity contribution in [1.82, 2.24) is 10.6 Å². The van der Waals surface area contributed by atoms with Crippen molar-refractivity contribution in [3.8, 4) is 0 Å². The Morgan fingerprint density at radius 1 is 0.649 bits per heavy atom. The van der Waals surface area contributed by atoms with E-state index < -0.39 is 11.9 Å². The molecule has 194 valence electrons. The zero-order valence-electron chi connectivity index (χ0n) is 21.6. The zero-order chi connectivity index (χ0) is 27.6. The van der Waals surface area contributed by atoms with Gasteiger partial charge in [-0.3, -0.25) is 9.59 Å². The highest BCUT2D eigenvalue weighted by atomic mass is 16.5. The summed E-state index contributed by atoms with van der Waals surface area (Å²) in [5.74, 6) is -1.87. The van der Waals surface area contributed by atoms with Gasteiger partial charge in [-0.1, -0.05) is 60.2 Å². The number of ether oxygens (including phenoxy) is 2. The summed E-state index contributed by atoms with van der Waals surface area (Å²) in [6.07, 6.45) is 8.15. The maximum absolute atomic E-state index is 11.9. The minimum absolute atomic E-state index is 0.101. The molecule has 0 atom stereocenters. The Labute approximate surface area is 217 Å². The van der Waals surface area contributed by atoms with Crippen molar-refractivity contribution < 1.29 is 28.7 Å². The van der Waals surface area contributed by atoms with Crippen LogP contribution >= 0.6 is 0 Å². The van der Waals surface area contributed by atoms with E-state index in [0.29, 0.717) is 11.1 Å². The van der Waals surface area contributed by atoms with Crippen LogP contribution in [0, 0.1) is 0 Å². The Hall–Kier alpha value is -4.72. The fourth-order valence-electron chi connectivity index (χ4n) is 2.55. The number of hydrogen-bond donors (Lipinski definition) is 2. The molecule has 0 aliphatic carbocycles. The number of methoxy groups -OCH3 is 2. The molecule has 2 amide bonds. The number of hydrogen-bond acceptors (Lipinski definition) is 6. The number of rotatable bonds is 8. The number of esters is 2. The summed E-state index contributed by atoms with van der Waals surface area (Å²) in [6, 6.07) is 17.3.